The third-order valence-corrected chi connectivity index (χ3v) is 3.96. The summed E-state index contributed by atoms with van der Waals surface area (Å²) in [4.78, 5) is 11.2. The molecule has 0 aliphatic rings. The van der Waals surface area contributed by atoms with E-state index in [1.807, 2.05) is 10.7 Å². The maximum absolute atomic E-state index is 11.2. The number of aromatic nitrogens is 3. The lowest BCUT2D eigenvalue weighted by Gasteiger charge is -2.14. The zero-order valence-electron chi connectivity index (χ0n) is 12.8. The largest absolute Gasteiger partial charge is 0.296 e. The first-order valence-electron chi connectivity index (χ1n) is 7.72. The van der Waals surface area contributed by atoms with Crippen LogP contribution < -0.4 is 0 Å². The van der Waals surface area contributed by atoms with E-state index in [2.05, 4.69) is 48.4 Å². The lowest BCUT2D eigenvalue weighted by molar-refractivity contribution is 0.111. The molecule has 2 rings (SSSR count). The summed E-state index contributed by atoms with van der Waals surface area (Å²) in [6, 6.07) is 10.4. The molecule has 0 atom stereocenters. The number of benzene rings is 1. The maximum Gasteiger partial charge on any atom is 0.172 e. The number of carbonyl (C=O) groups is 1. The van der Waals surface area contributed by atoms with Gasteiger partial charge in [-0.3, -0.25) is 4.79 Å². The SMILES string of the molecule is CCC(CC)c1c(C=O)nnn1CCCc1ccccc1. The van der Waals surface area contributed by atoms with E-state index in [9.17, 15) is 4.79 Å². The minimum Gasteiger partial charge on any atom is -0.296 e. The van der Waals surface area contributed by atoms with Crippen molar-refractivity contribution in [3.63, 3.8) is 0 Å². The molecule has 4 heteroatoms. The number of rotatable bonds is 8. The van der Waals surface area contributed by atoms with Gasteiger partial charge in [0.05, 0.1) is 5.69 Å². The summed E-state index contributed by atoms with van der Waals surface area (Å²) in [6.07, 6.45) is 4.85. The fourth-order valence-electron chi connectivity index (χ4n) is 2.76. The summed E-state index contributed by atoms with van der Waals surface area (Å²) in [5.74, 6) is 0.358. The number of nitrogens with zero attached hydrogens (tertiary/aromatic N) is 3. The topological polar surface area (TPSA) is 47.8 Å². The van der Waals surface area contributed by atoms with Crippen molar-refractivity contribution in [3.05, 3.63) is 47.3 Å². The van der Waals surface area contributed by atoms with Gasteiger partial charge in [0, 0.05) is 12.5 Å². The molecule has 0 aliphatic carbocycles. The Labute approximate surface area is 126 Å². The van der Waals surface area contributed by atoms with Crippen molar-refractivity contribution in [2.24, 2.45) is 0 Å². The van der Waals surface area contributed by atoms with E-state index in [0.717, 1.165) is 44.2 Å². The molecule has 0 radical (unpaired) electrons. The monoisotopic (exact) mass is 285 g/mol. The van der Waals surface area contributed by atoms with Crippen LogP contribution in [0.2, 0.25) is 0 Å². The van der Waals surface area contributed by atoms with Crippen LogP contribution in [0.4, 0.5) is 0 Å². The van der Waals surface area contributed by atoms with Crippen LogP contribution in [0.15, 0.2) is 30.3 Å². The molecule has 0 bridgehead atoms. The Morgan fingerprint density at radius 3 is 2.52 bits per heavy atom. The second kappa shape index (κ2) is 7.72. The average Bonchev–Trinajstić information content (AvgIpc) is 2.93. The normalized spacial score (nSPS) is 11.0. The van der Waals surface area contributed by atoms with Crippen molar-refractivity contribution >= 4 is 6.29 Å². The number of aryl methyl sites for hydroxylation is 2. The molecule has 0 saturated heterocycles. The van der Waals surface area contributed by atoms with Crippen LogP contribution in [0.5, 0.6) is 0 Å². The third kappa shape index (κ3) is 3.78. The van der Waals surface area contributed by atoms with Gasteiger partial charge in [0.15, 0.2) is 6.29 Å². The van der Waals surface area contributed by atoms with E-state index < -0.39 is 0 Å². The van der Waals surface area contributed by atoms with Crippen molar-refractivity contribution in [2.45, 2.75) is 52.0 Å². The number of hydrogen-bond donors (Lipinski definition) is 0. The minimum absolute atomic E-state index is 0.358. The molecule has 0 aliphatic heterocycles. The predicted molar refractivity (Wildman–Crippen MR) is 83.5 cm³/mol. The molecule has 1 heterocycles. The summed E-state index contributed by atoms with van der Waals surface area (Å²) in [7, 11) is 0. The average molecular weight is 285 g/mol. The summed E-state index contributed by atoms with van der Waals surface area (Å²) in [5.41, 5.74) is 2.84. The van der Waals surface area contributed by atoms with Crippen LogP contribution >= 0.6 is 0 Å². The summed E-state index contributed by atoms with van der Waals surface area (Å²) in [5, 5.41) is 8.19. The van der Waals surface area contributed by atoms with Crippen molar-refractivity contribution in [1.29, 1.82) is 0 Å². The molecule has 112 valence electrons. The van der Waals surface area contributed by atoms with E-state index in [1.165, 1.54) is 5.56 Å². The molecule has 0 spiro atoms. The number of carbonyl (C=O) groups excluding carboxylic acids is 1. The van der Waals surface area contributed by atoms with Crippen molar-refractivity contribution in [3.8, 4) is 0 Å². The quantitative estimate of drug-likeness (QED) is 0.696. The van der Waals surface area contributed by atoms with Gasteiger partial charge >= 0.3 is 0 Å². The van der Waals surface area contributed by atoms with Crippen LogP contribution in [0.1, 0.15) is 60.8 Å². The van der Waals surface area contributed by atoms with E-state index >= 15 is 0 Å². The molecule has 4 nitrogen and oxygen atoms in total. The highest BCUT2D eigenvalue weighted by molar-refractivity contribution is 5.73. The Bertz CT molecular complexity index is 559. The molecule has 1 aromatic heterocycles. The highest BCUT2D eigenvalue weighted by Gasteiger charge is 2.19. The Morgan fingerprint density at radius 1 is 1.19 bits per heavy atom. The zero-order valence-corrected chi connectivity index (χ0v) is 12.8. The van der Waals surface area contributed by atoms with Crippen LogP contribution in [0, 0.1) is 0 Å². The van der Waals surface area contributed by atoms with Crippen molar-refractivity contribution in [2.75, 3.05) is 0 Å². The van der Waals surface area contributed by atoms with E-state index in [1.54, 1.807) is 0 Å². The Morgan fingerprint density at radius 2 is 1.90 bits per heavy atom. The molecule has 0 fully saturated rings. The Hall–Kier alpha value is -1.97. The second-order valence-corrected chi connectivity index (χ2v) is 5.30. The lowest BCUT2D eigenvalue weighted by Crippen LogP contribution is -2.11. The first-order chi connectivity index (χ1) is 10.3. The molecule has 0 saturated carbocycles. The summed E-state index contributed by atoms with van der Waals surface area (Å²) < 4.78 is 1.92. The zero-order chi connectivity index (χ0) is 15.1. The minimum atomic E-state index is 0.358. The van der Waals surface area contributed by atoms with Gasteiger partial charge in [-0.05, 0) is 31.2 Å². The van der Waals surface area contributed by atoms with Crippen molar-refractivity contribution < 1.29 is 4.79 Å². The molecule has 0 unspecified atom stereocenters. The first-order valence-corrected chi connectivity index (χ1v) is 7.72. The van der Waals surface area contributed by atoms with Gasteiger partial charge in [-0.2, -0.15) is 0 Å². The standard InChI is InChI=1S/C17H23N3O/c1-3-15(4-2)17-16(13-21)18-19-20(17)12-8-11-14-9-6-5-7-10-14/h5-7,9-10,13,15H,3-4,8,11-12H2,1-2H3. The smallest absolute Gasteiger partial charge is 0.172 e. The third-order valence-electron chi connectivity index (χ3n) is 3.96. The maximum atomic E-state index is 11.2. The fourth-order valence-corrected chi connectivity index (χ4v) is 2.76. The molecule has 21 heavy (non-hydrogen) atoms. The van der Waals surface area contributed by atoms with Gasteiger partial charge in [0.2, 0.25) is 0 Å². The first kappa shape index (κ1) is 15.4. The molecule has 1 aromatic carbocycles. The molecular formula is C17H23N3O. The molecule has 2 aromatic rings. The van der Waals surface area contributed by atoms with Crippen LogP contribution in [0.3, 0.4) is 0 Å². The lowest BCUT2D eigenvalue weighted by atomic mass is 9.97. The molecule has 0 amide bonds. The van der Waals surface area contributed by atoms with Crippen LogP contribution in [0.25, 0.3) is 0 Å². The fraction of sp³-hybridized carbons (Fsp3) is 0.471. The van der Waals surface area contributed by atoms with Gasteiger partial charge in [-0.15, -0.1) is 5.10 Å². The summed E-state index contributed by atoms with van der Waals surface area (Å²) >= 11 is 0. The Kier molecular flexibility index (Phi) is 5.67. The van der Waals surface area contributed by atoms with Gasteiger partial charge < -0.3 is 0 Å². The highest BCUT2D eigenvalue weighted by Crippen LogP contribution is 2.24. The van der Waals surface area contributed by atoms with Gasteiger partial charge in [-0.1, -0.05) is 49.4 Å². The second-order valence-electron chi connectivity index (χ2n) is 5.30. The highest BCUT2D eigenvalue weighted by atomic mass is 16.1. The van der Waals surface area contributed by atoms with Gasteiger partial charge in [0.25, 0.3) is 0 Å². The number of hydrogen-bond acceptors (Lipinski definition) is 3. The van der Waals surface area contributed by atoms with E-state index in [4.69, 9.17) is 0 Å². The van der Waals surface area contributed by atoms with E-state index in [0.29, 0.717) is 11.6 Å². The summed E-state index contributed by atoms with van der Waals surface area (Å²) in [6.45, 7) is 5.09. The van der Waals surface area contributed by atoms with Gasteiger partial charge in [0.1, 0.15) is 5.69 Å². The Balaban J connectivity index is 2.06. The molecule has 0 N–H and O–H groups in total. The van der Waals surface area contributed by atoms with Gasteiger partial charge in [-0.25, -0.2) is 4.68 Å². The number of aldehydes is 1. The van der Waals surface area contributed by atoms with Crippen molar-refractivity contribution in [1.82, 2.24) is 15.0 Å². The van der Waals surface area contributed by atoms with E-state index in [-0.39, 0.29) is 0 Å². The van der Waals surface area contributed by atoms with Crippen LogP contribution in [-0.4, -0.2) is 21.3 Å². The molecular weight excluding hydrogens is 262 g/mol. The predicted octanol–water partition coefficient (Wildman–Crippen LogP) is 3.63. The van der Waals surface area contributed by atoms with Crippen LogP contribution in [-0.2, 0) is 13.0 Å².